The van der Waals surface area contributed by atoms with Gasteiger partial charge < -0.3 is 16.0 Å². The van der Waals surface area contributed by atoms with Crippen molar-refractivity contribution in [2.75, 3.05) is 29.4 Å². The van der Waals surface area contributed by atoms with Crippen molar-refractivity contribution in [1.29, 1.82) is 0 Å². The zero-order chi connectivity index (χ0) is 25.7. The summed E-state index contributed by atoms with van der Waals surface area (Å²) < 4.78 is 27.9. The number of halogens is 1. The zero-order valence-corrected chi connectivity index (χ0v) is 21.9. The van der Waals surface area contributed by atoms with Crippen molar-refractivity contribution in [3.8, 4) is 0 Å². The van der Waals surface area contributed by atoms with E-state index in [0.29, 0.717) is 23.8 Å². The Hall–Kier alpha value is -2.89. The first kappa shape index (κ1) is 24.8. The lowest BCUT2D eigenvalue weighted by atomic mass is 9.98. The molecular weight excluding hydrogens is 502 g/mol. The molecule has 1 unspecified atom stereocenters. The van der Waals surface area contributed by atoms with Crippen molar-refractivity contribution in [3.05, 3.63) is 52.3 Å². The Labute approximate surface area is 215 Å². The molecule has 1 saturated carbocycles. The second-order valence-corrected chi connectivity index (χ2v) is 12.1. The smallest absolute Gasteiger partial charge is 0.256 e. The molecule has 1 aromatic carbocycles. The first-order valence-electron chi connectivity index (χ1n) is 12.0. The number of hydrogen-bond acceptors (Lipinski definition) is 7. The van der Waals surface area contributed by atoms with E-state index in [9.17, 15) is 13.2 Å². The molecule has 0 bridgehead atoms. The van der Waals surface area contributed by atoms with Gasteiger partial charge in [-0.25, -0.2) is 17.9 Å². The first-order valence-corrected chi connectivity index (χ1v) is 14.3. The maximum atomic E-state index is 13.7. The number of nitrogens with zero attached hydrogens (tertiary/aromatic N) is 4. The number of rotatable bonds is 7. The highest BCUT2D eigenvalue weighted by atomic mass is 35.5. The van der Waals surface area contributed by atoms with Crippen LogP contribution >= 0.6 is 11.6 Å². The maximum Gasteiger partial charge on any atom is 0.256 e. The molecular formula is C24H30ClN7O3S. The van der Waals surface area contributed by atoms with Gasteiger partial charge in [0.25, 0.3) is 5.91 Å². The molecule has 2 aromatic heterocycles. The summed E-state index contributed by atoms with van der Waals surface area (Å²) in [6, 6.07) is 6.20. The molecule has 0 radical (unpaired) electrons. The minimum atomic E-state index is -3.58. The van der Waals surface area contributed by atoms with Crippen LogP contribution in [0.3, 0.4) is 0 Å². The van der Waals surface area contributed by atoms with E-state index in [0.717, 1.165) is 55.4 Å². The predicted octanol–water partition coefficient (Wildman–Crippen LogP) is 3.33. The molecule has 12 heteroatoms. The third-order valence-corrected chi connectivity index (χ3v) is 7.59. The number of fused-ring (bicyclic) bond motifs is 1. The van der Waals surface area contributed by atoms with Gasteiger partial charge in [0.05, 0.1) is 29.2 Å². The van der Waals surface area contributed by atoms with Crippen molar-refractivity contribution in [3.63, 3.8) is 0 Å². The fourth-order valence-electron chi connectivity index (χ4n) is 4.59. The molecule has 1 saturated heterocycles. The van der Waals surface area contributed by atoms with Gasteiger partial charge in [0.2, 0.25) is 10.0 Å². The fourth-order valence-corrected chi connectivity index (χ4v) is 5.34. The summed E-state index contributed by atoms with van der Waals surface area (Å²) in [5.41, 5.74) is 8.86. The molecule has 192 valence electrons. The van der Waals surface area contributed by atoms with E-state index >= 15 is 0 Å². The lowest BCUT2D eigenvalue weighted by Gasteiger charge is -2.35. The third kappa shape index (κ3) is 5.28. The zero-order valence-electron chi connectivity index (χ0n) is 20.3. The van der Waals surface area contributed by atoms with Crippen molar-refractivity contribution < 1.29 is 13.2 Å². The van der Waals surface area contributed by atoms with Gasteiger partial charge >= 0.3 is 0 Å². The number of piperidine rings is 1. The van der Waals surface area contributed by atoms with Crippen molar-refractivity contribution >= 4 is 44.7 Å². The van der Waals surface area contributed by atoms with Crippen LogP contribution in [-0.2, 0) is 10.0 Å². The van der Waals surface area contributed by atoms with Crippen molar-refractivity contribution in [1.82, 2.24) is 19.5 Å². The van der Waals surface area contributed by atoms with Gasteiger partial charge in [-0.1, -0.05) is 11.6 Å². The van der Waals surface area contributed by atoms with E-state index < -0.39 is 10.0 Å². The number of nitrogens with two attached hydrogens (primary N) is 1. The number of carbonyl (C=O) groups is 1. The predicted molar refractivity (Wildman–Crippen MR) is 140 cm³/mol. The molecule has 36 heavy (non-hydrogen) atoms. The molecule has 3 aromatic rings. The fraction of sp³-hybridized carbons (Fsp3) is 0.458. The second-order valence-electron chi connectivity index (χ2n) is 9.93. The molecule has 1 aliphatic heterocycles. The second kappa shape index (κ2) is 9.20. The number of hydrogen-bond donors (Lipinski definition) is 3. The lowest BCUT2D eigenvalue weighted by molar-refractivity contribution is 0.0607. The molecule has 2 aliphatic rings. The van der Waals surface area contributed by atoms with E-state index in [-0.39, 0.29) is 28.7 Å². The largest absolute Gasteiger partial charge is 0.368 e. The molecule has 1 atom stereocenters. The number of likely N-dealkylation sites (tertiary alicyclic amines) is 1. The number of sulfonamides is 1. The van der Waals surface area contributed by atoms with Crippen LogP contribution in [-0.4, -0.2) is 58.7 Å². The normalized spacial score (nSPS) is 19.3. The average Bonchev–Trinajstić information content (AvgIpc) is 3.42. The topological polar surface area (TPSA) is 135 Å². The van der Waals surface area contributed by atoms with E-state index in [4.69, 9.17) is 27.4 Å². The van der Waals surface area contributed by atoms with Crippen LogP contribution in [0.4, 0.5) is 11.5 Å². The number of anilines is 2. The summed E-state index contributed by atoms with van der Waals surface area (Å²) in [5, 5.41) is 8.47. The van der Waals surface area contributed by atoms with Gasteiger partial charge in [-0.3, -0.25) is 9.52 Å². The first-order chi connectivity index (χ1) is 17.0. The van der Waals surface area contributed by atoms with Crippen LogP contribution in [0.2, 0.25) is 5.02 Å². The van der Waals surface area contributed by atoms with E-state index in [1.54, 1.807) is 15.5 Å². The maximum absolute atomic E-state index is 13.7. The summed E-state index contributed by atoms with van der Waals surface area (Å²) >= 11 is 6.18. The Morgan fingerprint density at radius 1 is 1.28 bits per heavy atom. The number of aryl methyl sites for hydroxylation is 1. The summed E-state index contributed by atoms with van der Waals surface area (Å²) in [6.45, 7) is 3.17. The number of amides is 1. The molecule has 4 N–H and O–H groups in total. The van der Waals surface area contributed by atoms with Crippen LogP contribution in [0.1, 0.15) is 59.8 Å². The van der Waals surface area contributed by atoms with E-state index in [2.05, 4.69) is 10.0 Å². The van der Waals surface area contributed by atoms with Gasteiger partial charge in [0.15, 0.2) is 5.65 Å². The number of benzene rings is 1. The van der Waals surface area contributed by atoms with Gasteiger partial charge in [-0.05, 0) is 57.2 Å². The number of carbonyl (C=O) groups excluding carboxylic acids is 1. The van der Waals surface area contributed by atoms with E-state index in [1.807, 2.05) is 19.2 Å². The summed E-state index contributed by atoms with van der Waals surface area (Å²) in [5.74, 6) is 0.479. The van der Waals surface area contributed by atoms with Crippen LogP contribution in [0, 0.1) is 6.92 Å². The highest BCUT2D eigenvalue weighted by Crippen LogP contribution is 2.35. The van der Waals surface area contributed by atoms with Gasteiger partial charge in [-0.2, -0.15) is 5.10 Å². The lowest BCUT2D eigenvalue weighted by Crippen LogP contribution is -2.39. The van der Waals surface area contributed by atoms with Crippen LogP contribution < -0.4 is 15.8 Å². The standard InChI is InChI=1S/C24H30ClN7O3S/c1-15-13-32-21(28-22(15)27-14-24(26)8-9-24)12-19(29-32)20-5-3-4-10-31(20)23(33)17-11-16(25)6-7-18(17)30-36(2,34)35/h6-7,11-13,20,30H,3-5,8-10,14,26H2,1-2H3,(H,27,28). The SMILES string of the molecule is Cc1cn2nc(C3CCCCN3C(=O)c3cc(Cl)ccc3NS(C)(=O)=O)cc2nc1NCC1(N)CC1. The highest BCUT2D eigenvalue weighted by Gasteiger charge is 2.38. The summed E-state index contributed by atoms with van der Waals surface area (Å²) in [7, 11) is -3.58. The van der Waals surface area contributed by atoms with Crippen LogP contribution in [0.25, 0.3) is 5.65 Å². The summed E-state index contributed by atoms with van der Waals surface area (Å²) in [6.07, 6.45) is 7.53. The van der Waals surface area contributed by atoms with Crippen LogP contribution in [0.5, 0.6) is 0 Å². The van der Waals surface area contributed by atoms with E-state index in [1.165, 1.54) is 12.1 Å². The monoisotopic (exact) mass is 531 g/mol. The Kier molecular flexibility index (Phi) is 6.34. The molecule has 5 rings (SSSR count). The third-order valence-electron chi connectivity index (χ3n) is 6.76. The van der Waals surface area contributed by atoms with Crippen molar-refractivity contribution in [2.45, 2.75) is 50.6 Å². The molecule has 0 spiro atoms. The molecule has 3 heterocycles. The van der Waals surface area contributed by atoms with Gasteiger partial charge in [-0.15, -0.1) is 0 Å². The minimum absolute atomic E-state index is 0.139. The summed E-state index contributed by atoms with van der Waals surface area (Å²) in [4.78, 5) is 20.2. The van der Waals surface area contributed by atoms with Crippen LogP contribution in [0.15, 0.2) is 30.5 Å². The highest BCUT2D eigenvalue weighted by molar-refractivity contribution is 7.92. The molecule has 10 nitrogen and oxygen atoms in total. The Balaban J connectivity index is 1.45. The average molecular weight is 532 g/mol. The Morgan fingerprint density at radius 3 is 2.78 bits per heavy atom. The molecule has 2 fully saturated rings. The number of nitrogens with one attached hydrogen (secondary N) is 2. The van der Waals surface area contributed by atoms with Gasteiger partial charge in [0, 0.05) is 41.5 Å². The minimum Gasteiger partial charge on any atom is -0.368 e. The Morgan fingerprint density at radius 2 is 2.06 bits per heavy atom. The number of aromatic nitrogens is 3. The van der Waals surface area contributed by atoms with Gasteiger partial charge in [0.1, 0.15) is 5.82 Å². The molecule has 1 amide bonds. The molecule has 1 aliphatic carbocycles. The quantitative estimate of drug-likeness (QED) is 0.425. The Bertz CT molecular complexity index is 1430. The van der Waals surface area contributed by atoms with Crippen molar-refractivity contribution in [2.24, 2.45) is 5.73 Å².